The summed E-state index contributed by atoms with van der Waals surface area (Å²) in [6, 6.07) is 13.8. The molecule has 1 atom stereocenters. The van der Waals surface area contributed by atoms with Gasteiger partial charge in [0.25, 0.3) is 5.91 Å². The monoisotopic (exact) mass is 383 g/mol. The molecule has 0 fully saturated rings. The molecule has 1 unspecified atom stereocenters. The maximum absolute atomic E-state index is 14.7. The van der Waals surface area contributed by atoms with Gasteiger partial charge in [-0.05, 0) is 24.1 Å². The molecule has 1 aromatic heterocycles. The number of hydrogen-bond donors (Lipinski definition) is 2. The van der Waals surface area contributed by atoms with E-state index in [1.165, 1.54) is 12.1 Å². The van der Waals surface area contributed by atoms with E-state index in [0.29, 0.717) is 4.90 Å². The quantitative estimate of drug-likeness (QED) is 0.641. The highest BCUT2D eigenvalue weighted by Gasteiger charge is 2.32. The van der Waals surface area contributed by atoms with Crippen LogP contribution < -0.4 is 22.0 Å². The maximum atomic E-state index is 14.7. The highest BCUT2D eigenvalue weighted by Crippen LogP contribution is 2.28. The Labute approximate surface area is 159 Å². The molecule has 28 heavy (non-hydrogen) atoms. The number of anilines is 1. The van der Waals surface area contributed by atoms with Gasteiger partial charge in [0.05, 0.1) is 12.6 Å². The second-order valence-corrected chi connectivity index (χ2v) is 6.12. The third-order valence-electron chi connectivity index (χ3n) is 4.22. The number of rotatable bonds is 5. The highest BCUT2D eigenvalue weighted by molar-refractivity contribution is 6.20. The normalized spacial score (nSPS) is 12.0. The van der Waals surface area contributed by atoms with Crippen molar-refractivity contribution in [1.82, 2.24) is 0 Å². The summed E-state index contributed by atoms with van der Waals surface area (Å²) >= 11 is 0. The lowest BCUT2D eigenvalue weighted by molar-refractivity contribution is -0.126. The average molecular weight is 383 g/mol. The van der Waals surface area contributed by atoms with E-state index in [0.717, 1.165) is 5.56 Å². The van der Waals surface area contributed by atoms with E-state index < -0.39 is 41.5 Å². The molecule has 0 saturated carbocycles. The maximum Gasteiger partial charge on any atom is 0.374 e. The van der Waals surface area contributed by atoms with Crippen molar-refractivity contribution in [3.05, 3.63) is 76.4 Å². The molecule has 2 aromatic carbocycles. The molecule has 144 valence electrons. The average Bonchev–Trinajstić information content (AvgIpc) is 2.71. The molecule has 0 bridgehead atoms. The van der Waals surface area contributed by atoms with Crippen LogP contribution in [0.1, 0.15) is 5.56 Å². The molecule has 4 N–H and O–H groups in total. The molecule has 0 aliphatic rings. The number of carbonyl (C=O) groups is 2. The van der Waals surface area contributed by atoms with Gasteiger partial charge in [-0.2, -0.15) is 4.39 Å². The summed E-state index contributed by atoms with van der Waals surface area (Å²) in [4.78, 5) is 37.9. The van der Waals surface area contributed by atoms with Gasteiger partial charge in [-0.25, -0.2) is 9.69 Å². The van der Waals surface area contributed by atoms with Crippen LogP contribution in [-0.4, -0.2) is 24.4 Å². The van der Waals surface area contributed by atoms with Gasteiger partial charge in [-0.1, -0.05) is 42.5 Å². The lowest BCUT2D eigenvalue weighted by Gasteiger charge is -2.24. The Bertz CT molecular complexity index is 1080. The molecular formula is C20H18FN3O4. The van der Waals surface area contributed by atoms with Gasteiger partial charge in [0, 0.05) is 5.39 Å². The first-order valence-corrected chi connectivity index (χ1v) is 8.51. The van der Waals surface area contributed by atoms with Crippen molar-refractivity contribution in [2.45, 2.75) is 12.5 Å². The first-order valence-electron chi connectivity index (χ1n) is 8.51. The minimum absolute atomic E-state index is 0.0307. The van der Waals surface area contributed by atoms with Gasteiger partial charge in [-0.15, -0.1) is 0 Å². The summed E-state index contributed by atoms with van der Waals surface area (Å²) in [6.45, 7) is -0.572. The predicted octanol–water partition coefficient (Wildman–Crippen LogP) is 1.32. The first kappa shape index (κ1) is 19.4. The fourth-order valence-corrected chi connectivity index (χ4v) is 2.90. The third-order valence-corrected chi connectivity index (χ3v) is 4.22. The van der Waals surface area contributed by atoms with E-state index in [9.17, 15) is 18.8 Å². The Morgan fingerprint density at radius 2 is 1.71 bits per heavy atom. The highest BCUT2D eigenvalue weighted by atomic mass is 19.1. The van der Waals surface area contributed by atoms with Gasteiger partial charge < -0.3 is 15.9 Å². The summed E-state index contributed by atoms with van der Waals surface area (Å²) in [7, 11) is 0. The summed E-state index contributed by atoms with van der Waals surface area (Å²) in [6.07, 6.45) is 0.120. The molecule has 8 heteroatoms. The number of carbonyl (C=O) groups excluding carboxylic acids is 2. The molecule has 0 aliphatic heterocycles. The van der Waals surface area contributed by atoms with Crippen molar-refractivity contribution in [2.24, 2.45) is 11.5 Å². The van der Waals surface area contributed by atoms with Crippen molar-refractivity contribution in [2.75, 3.05) is 11.4 Å². The van der Waals surface area contributed by atoms with Crippen molar-refractivity contribution in [3.8, 4) is 0 Å². The standard InChI is InChI=1S/C20H18FN3O4/c21-17-18(13-8-4-5-9-15(13)28-20(17)27)24(16(25)11-22)19(26)14(23)10-12-6-2-1-3-7-12/h1-9,14H,10-11,22-23H2. The van der Waals surface area contributed by atoms with Crippen molar-refractivity contribution >= 4 is 28.5 Å². The predicted molar refractivity (Wildman–Crippen MR) is 102 cm³/mol. The molecule has 0 radical (unpaired) electrons. The number of benzene rings is 2. The van der Waals surface area contributed by atoms with E-state index in [-0.39, 0.29) is 17.4 Å². The summed E-state index contributed by atoms with van der Waals surface area (Å²) in [5, 5.41) is 0.0849. The molecule has 3 rings (SSSR count). The van der Waals surface area contributed by atoms with E-state index in [4.69, 9.17) is 15.9 Å². The zero-order chi connectivity index (χ0) is 20.3. The van der Waals surface area contributed by atoms with Crippen LogP contribution in [0, 0.1) is 5.82 Å². The van der Waals surface area contributed by atoms with Gasteiger partial charge in [0.1, 0.15) is 11.3 Å². The Kier molecular flexibility index (Phi) is 5.62. The Morgan fingerprint density at radius 3 is 2.39 bits per heavy atom. The molecule has 3 aromatic rings. The number of nitrogens with two attached hydrogens (primary N) is 2. The molecule has 0 spiro atoms. The number of imide groups is 1. The molecular weight excluding hydrogens is 365 g/mol. The lowest BCUT2D eigenvalue weighted by atomic mass is 10.0. The topological polar surface area (TPSA) is 120 Å². The van der Waals surface area contributed by atoms with Crippen LogP contribution in [0.25, 0.3) is 11.0 Å². The van der Waals surface area contributed by atoms with Crippen molar-refractivity contribution in [1.29, 1.82) is 0 Å². The largest absolute Gasteiger partial charge is 0.420 e. The van der Waals surface area contributed by atoms with Crippen LogP contribution in [0.3, 0.4) is 0 Å². The van der Waals surface area contributed by atoms with E-state index in [1.807, 2.05) is 6.07 Å². The van der Waals surface area contributed by atoms with Crippen LogP contribution in [0.4, 0.5) is 10.1 Å². The zero-order valence-corrected chi connectivity index (χ0v) is 14.8. The first-order chi connectivity index (χ1) is 13.4. The van der Waals surface area contributed by atoms with Crippen LogP contribution in [0.5, 0.6) is 0 Å². The van der Waals surface area contributed by atoms with E-state index in [1.54, 1.807) is 36.4 Å². The Hall–Kier alpha value is -3.36. The van der Waals surface area contributed by atoms with Crippen LogP contribution in [0.2, 0.25) is 0 Å². The SMILES string of the molecule is NCC(=O)N(C(=O)C(N)Cc1ccccc1)c1c(F)c(=O)oc2ccccc12. The number of amides is 2. The summed E-state index contributed by atoms with van der Waals surface area (Å²) in [5.74, 6) is -3.11. The van der Waals surface area contributed by atoms with Gasteiger partial charge >= 0.3 is 5.63 Å². The summed E-state index contributed by atoms with van der Waals surface area (Å²) in [5.41, 5.74) is 10.4. The van der Waals surface area contributed by atoms with Crippen LogP contribution >= 0.6 is 0 Å². The molecule has 1 heterocycles. The van der Waals surface area contributed by atoms with Gasteiger partial charge in [-0.3, -0.25) is 9.59 Å². The molecule has 7 nitrogen and oxygen atoms in total. The Balaban J connectivity index is 2.10. The minimum Gasteiger partial charge on any atom is -0.420 e. The fourth-order valence-electron chi connectivity index (χ4n) is 2.90. The number of para-hydroxylation sites is 1. The molecule has 0 saturated heterocycles. The van der Waals surface area contributed by atoms with E-state index >= 15 is 0 Å². The lowest BCUT2D eigenvalue weighted by Crippen LogP contribution is -2.50. The third kappa shape index (κ3) is 3.68. The van der Waals surface area contributed by atoms with Crippen molar-refractivity contribution in [3.63, 3.8) is 0 Å². The number of hydrogen-bond acceptors (Lipinski definition) is 6. The van der Waals surface area contributed by atoms with E-state index in [2.05, 4.69) is 0 Å². The second kappa shape index (κ2) is 8.12. The Morgan fingerprint density at radius 1 is 1.07 bits per heavy atom. The van der Waals surface area contributed by atoms with Crippen LogP contribution in [0.15, 0.2) is 63.8 Å². The molecule has 0 aliphatic carbocycles. The van der Waals surface area contributed by atoms with Gasteiger partial charge in [0.15, 0.2) is 0 Å². The number of halogens is 1. The second-order valence-electron chi connectivity index (χ2n) is 6.12. The number of nitrogens with zero attached hydrogens (tertiary/aromatic N) is 1. The minimum atomic E-state index is -1.36. The molecule has 2 amide bonds. The smallest absolute Gasteiger partial charge is 0.374 e. The van der Waals surface area contributed by atoms with Gasteiger partial charge in [0.2, 0.25) is 11.7 Å². The van der Waals surface area contributed by atoms with Crippen molar-refractivity contribution < 1.29 is 18.4 Å². The number of fused-ring (bicyclic) bond motifs is 1. The summed E-state index contributed by atoms with van der Waals surface area (Å²) < 4.78 is 19.6. The zero-order valence-electron chi connectivity index (χ0n) is 14.8. The van der Waals surface area contributed by atoms with Crippen LogP contribution in [-0.2, 0) is 16.0 Å². The fraction of sp³-hybridized carbons (Fsp3) is 0.150.